The van der Waals surface area contributed by atoms with Gasteiger partial charge in [0.1, 0.15) is 12.4 Å². The van der Waals surface area contributed by atoms with Gasteiger partial charge in [-0.15, -0.1) is 0 Å². The van der Waals surface area contributed by atoms with Gasteiger partial charge >= 0.3 is 0 Å². The van der Waals surface area contributed by atoms with Crippen LogP contribution >= 0.6 is 0 Å². The first-order valence-corrected chi connectivity index (χ1v) is 7.99. The second kappa shape index (κ2) is 7.12. The number of benzene rings is 1. The van der Waals surface area contributed by atoms with Crippen LogP contribution in [0.1, 0.15) is 48.8 Å². The molecule has 1 aromatic carbocycles. The van der Waals surface area contributed by atoms with Crippen molar-refractivity contribution in [3.63, 3.8) is 0 Å². The first kappa shape index (κ1) is 15.4. The van der Waals surface area contributed by atoms with Crippen LogP contribution in [0, 0.1) is 26.7 Å². The summed E-state index contributed by atoms with van der Waals surface area (Å²) < 4.78 is 6.17. The maximum Gasteiger partial charge on any atom is 0.125 e. The second-order valence-corrected chi connectivity index (χ2v) is 6.33. The zero-order valence-electron chi connectivity index (χ0n) is 13.5. The fourth-order valence-electron chi connectivity index (χ4n) is 3.56. The normalized spacial score (nSPS) is 18.0. The molecule has 1 atom stereocenters. The van der Waals surface area contributed by atoms with Crippen LogP contribution in [0.2, 0.25) is 0 Å². The molecule has 1 aliphatic carbocycles. The van der Waals surface area contributed by atoms with Crippen LogP contribution in [-0.4, -0.2) is 19.7 Å². The number of hydrogen-bond acceptors (Lipinski definition) is 2. The van der Waals surface area contributed by atoms with Crippen molar-refractivity contribution in [2.24, 2.45) is 5.92 Å². The molecule has 112 valence electrons. The lowest BCUT2D eigenvalue weighted by molar-refractivity contribution is 0.191. The van der Waals surface area contributed by atoms with Gasteiger partial charge in [-0.05, 0) is 57.7 Å². The summed E-state index contributed by atoms with van der Waals surface area (Å²) in [6.07, 6.45) is 6.86. The molecule has 1 aromatic rings. The smallest absolute Gasteiger partial charge is 0.125 e. The molecule has 0 aromatic heterocycles. The summed E-state index contributed by atoms with van der Waals surface area (Å²) in [7, 11) is 2.07. The van der Waals surface area contributed by atoms with Gasteiger partial charge in [-0.1, -0.05) is 37.0 Å². The summed E-state index contributed by atoms with van der Waals surface area (Å²) >= 11 is 0. The number of nitrogens with one attached hydrogen (secondary N) is 1. The van der Waals surface area contributed by atoms with E-state index in [0.717, 1.165) is 18.3 Å². The fraction of sp³-hybridized carbons (Fsp3) is 0.667. The van der Waals surface area contributed by atoms with Gasteiger partial charge in [0.25, 0.3) is 0 Å². The standard InChI is InChI=1S/C18H29NO/c1-13-10-14(2)18(15(3)11-13)20-12-17(19-4)16-8-6-5-7-9-16/h10-11,16-17,19H,5-9,12H2,1-4H3. The Morgan fingerprint density at radius 1 is 1.10 bits per heavy atom. The molecule has 0 bridgehead atoms. The van der Waals surface area contributed by atoms with Crippen LogP contribution in [-0.2, 0) is 0 Å². The number of rotatable bonds is 5. The van der Waals surface area contributed by atoms with E-state index in [0.29, 0.717) is 6.04 Å². The Hall–Kier alpha value is -1.02. The highest BCUT2D eigenvalue weighted by molar-refractivity contribution is 5.42. The molecule has 2 rings (SSSR count). The molecule has 0 heterocycles. The highest BCUT2D eigenvalue weighted by Gasteiger charge is 2.23. The van der Waals surface area contributed by atoms with E-state index in [1.165, 1.54) is 48.8 Å². The van der Waals surface area contributed by atoms with Crippen LogP contribution in [0.5, 0.6) is 5.75 Å². The van der Waals surface area contributed by atoms with Gasteiger partial charge in [0.2, 0.25) is 0 Å². The molecule has 0 amide bonds. The van der Waals surface area contributed by atoms with Crippen LogP contribution in [0.3, 0.4) is 0 Å². The predicted molar refractivity (Wildman–Crippen MR) is 85.6 cm³/mol. The molecule has 0 spiro atoms. The highest BCUT2D eigenvalue weighted by atomic mass is 16.5. The van der Waals surface area contributed by atoms with Gasteiger partial charge in [-0.25, -0.2) is 0 Å². The lowest BCUT2D eigenvalue weighted by Gasteiger charge is -2.30. The predicted octanol–water partition coefficient (Wildman–Crippen LogP) is 4.16. The molecule has 0 radical (unpaired) electrons. The summed E-state index contributed by atoms with van der Waals surface area (Å²) in [4.78, 5) is 0. The molecular formula is C18H29NO. The van der Waals surface area contributed by atoms with Crippen molar-refractivity contribution in [1.29, 1.82) is 0 Å². The average Bonchev–Trinajstić information content (AvgIpc) is 2.43. The van der Waals surface area contributed by atoms with Crippen LogP contribution < -0.4 is 10.1 Å². The van der Waals surface area contributed by atoms with E-state index in [1.54, 1.807) is 0 Å². The first-order valence-electron chi connectivity index (χ1n) is 7.99. The van der Waals surface area contributed by atoms with Crippen LogP contribution in [0.4, 0.5) is 0 Å². The zero-order chi connectivity index (χ0) is 14.5. The minimum absolute atomic E-state index is 0.482. The third-order valence-electron chi connectivity index (χ3n) is 4.60. The van der Waals surface area contributed by atoms with Gasteiger partial charge < -0.3 is 10.1 Å². The summed E-state index contributed by atoms with van der Waals surface area (Å²) in [5.41, 5.74) is 3.81. The molecule has 2 nitrogen and oxygen atoms in total. The fourth-order valence-corrected chi connectivity index (χ4v) is 3.56. The first-order chi connectivity index (χ1) is 9.61. The number of aryl methyl sites for hydroxylation is 3. The van der Waals surface area contributed by atoms with Crippen molar-refractivity contribution in [1.82, 2.24) is 5.32 Å². The van der Waals surface area contributed by atoms with E-state index in [-0.39, 0.29) is 0 Å². The Balaban J connectivity index is 1.99. The minimum atomic E-state index is 0.482. The van der Waals surface area contributed by atoms with Gasteiger partial charge in [-0.3, -0.25) is 0 Å². The quantitative estimate of drug-likeness (QED) is 0.871. The summed E-state index contributed by atoms with van der Waals surface area (Å²) in [6, 6.07) is 4.89. The molecular weight excluding hydrogens is 246 g/mol. The molecule has 1 N–H and O–H groups in total. The van der Waals surface area contributed by atoms with Gasteiger partial charge in [0, 0.05) is 6.04 Å². The van der Waals surface area contributed by atoms with Gasteiger partial charge in [-0.2, -0.15) is 0 Å². The lowest BCUT2D eigenvalue weighted by Crippen LogP contribution is -2.39. The van der Waals surface area contributed by atoms with E-state index >= 15 is 0 Å². The number of ether oxygens (including phenoxy) is 1. The Kier molecular flexibility index (Phi) is 5.47. The summed E-state index contributed by atoms with van der Waals surface area (Å²) in [5.74, 6) is 1.85. The molecule has 20 heavy (non-hydrogen) atoms. The average molecular weight is 275 g/mol. The maximum absolute atomic E-state index is 6.17. The molecule has 1 fully saturated rings. The van der Waals surface area contributed by atoms with Crippen LogP contribution in [0.25, 0.3) is 0 Å². The largest absolute Gasteiger partial charge is 0.491 e. The topological polar surface area (TPSA) is 21.3 Å². The Labute approximate surface area is 123 Å². The molecule has 1 aliphatic rings. The molecule has 0 aliphatic heterocycles. The SMILES string of the molecule is CNC(COc1c(C)cc(C)cc1C)C1CCCCC1. The summed E-state index contributed by atoms with van der Waals surface area (Å²) in [6.45, 7) is 7.21. The molecule has 1 unspecified atom stereocenters. The highest BCUT2D eigenvalue weighted by Crippen LogP contribution is 2.28. The van der Waals surface area contributed by atoms with E-state index in [1.807, 2.05) is 0 Å². The summed E-state index contributed by atoms with van der Waals surface area (Å²) in [5, 5.41) is 3.47. The Morgan fingerprint density at radius 2 is 1.70 bits per heavy atom. The Morgan fingerprint density at radius 3 is 2.25 bits per heavy atom. The Bertz CT molecular complexity index is 412. The van der Waals surface area contributed by atoms with Crippen molar-refractivity contribution in [2.45, 2.75) is 58.9 Å². The van der Waals surface area contributed by atoms with E-state index in [2.05, 4.69) is 45.3 Å². The van der Waals surface area contributed by atoms with E-state index in [9.17, 15) is 0 Å². The van der Waals surface area contributed by atoms with E-state index in [4.69, 9.17) is 4.74 Å². The molecule has 0 saturated heterocycles. The lowest BCUT2D eigenvalue weighted by atomic mass is 9.84. The number of likely N-dealkylation sites (N-methyl/N-ethyl adjacent to an activating group) is 1. The minimum Gasteiger partial charge on any atom is -0.491 e. The van der Waals surface area contributed by atoms with E-state index < -0.39 is 0 Å². The van der Waals surface area contributed by atoms with Crippen LogP contribution in [0.15, 0.2) is 12.1 Å². The van der Waals surface area contributed by atoms with Crippen molar-refractivity contribution >= 4 is 0 Å². The number of hydrogen-bond donors (Lipinski definition) is 1. The van der Waals surface area contributed by atoms with Crippen molar-refractivity contribution < 1.29 is 4.74 Å². The van der Waals surface area contributed by atoms with Crippen molar-refractivity contribution in [2.75, 3.05) is 13.7 Å². The maximum atomic E-state index is 6.17. The van der Waals surface area contributed by atoms with Crippen molar-refractivity contribution in [3.05, 3.63) is 28.8 Å². The van der Waals surface area contributed by atoms with Gasteiger partial charge in [0.15, 0.2) is 0 Å². The molecule has 2 heteroatoms. The second-order valence-electron chi connectivity index (χ2n) is 6.33. The third-order valence-corrected chi connectivity index (χ3v) is 4.60. The van der Waals surface area contributed by atoms with Crippen molar-refractivity contribution in [3.8, 4) is 5.75 Å². The van der Waals surface area contributed by atoms with Gasteiger partial charge in [0.05, 0.1) is 0 Å². The monoisotopic (exact) mass is 275 g/mol. The zero-order valence-corrected chi connectivity index (χ0v) is 13.5. The molecule has 1 saturated carbocycles. The third kappa shape index (κ3) is 3.76.